The first-order valence-electron chi connectivity index (χ1n) is 5.33. The molecule has 88 valence electrons. The first-order valence-corrected chi connectivity index (χ1v) is 5.33. The Morgan fingerprint density at radius 2 is 2.12 bits per heavy atom. The Hall–Kier alpha value is -1.55. The van der Waals surface area contributed by atoms with E-state index < -0.39 is 0 Å². The molecule has 1 rings (SSSR count). The van der Waals surface area contributed by atoms with E-state index in [4.69, 9.17) is 20.6 Å². The van der Waals surface area contributed by atoms with Crippen LogP contribution in [0.3, 0.4) is 0 Å². The van der Waals surface area contributed by atoms with Gasteiger partial charge in [-0.15, -0.1) is 0 Å². The van der Waals surface area contributed by atoms with Gasteiger partial charge in [0.15, 0.2) is 0 Å². The van der Waals surface area contributed by atoms with E-state index >= 15 is 0 Å². The number of nitrogens with two attached hydrogens (primary N) is 1. The zero-order chi connectivity index (χ0) is 12.0. The van der Waals surface area contributed by atoms with Gasteiger partial charge < -0.3 is 15.2 Å². The second kappa shape index (κ2) is 6.12. The molecule has 0 spiro atoms. The molecule has 0 saturated carbocycles. The van der Waals surface area contributed by atoms with Crippen LogP contribution in [0.1, 0.15) is 19.4 Å². The van der Waals surface area contributed by atoms with E-state index in [1.54, 1.807) is 12.1 Å². The van der Waals surface area contributed by atoms with E-state index in [9.17, 15) is 0 Å². The van der Waals surface area contributed by atoms with E-state index in [0.29, 0.717) is 24.5 Å². The minimum Gasteiger partial charge on any atom is -0.488 e. The van der Waals surface area contributed by atoms with Gasteiger partial charge in [-0.2, -0.15) is 0 Å². The van der Waals surface area contributed by atoms with Crippen LogP contribution in [0.15, 0.2) is 24.3 Å². The highest BCUT2D eigenvalue weighted by Gasteiger charge is 2.09. The third kappa shape index (κ3) is 3.55. The van der Waals surface area contributed by atoms with E-state index in [2.05, 4.69) is 0 Å². The molecule has 1 aromatic rings. The molecule has 16 heavy (non-hydrogen) atoms. The van der Waals surface area contributed by atoms with Crippen LogP contribution in [0, 0.1) is 5.41 Å². The van der Waals surface area contributed by atoms with Gasteiger partial charge in [-0.25, -0.2) is 0 Å². The first-order chi connectivity index (χ1) is 7.65. The number of nitrogen functional groups attached to an aromatic ring is 1. The summed E-state index contributed by atoms with van der Waals surface area (Å²) in [5.74, 6) is 0.640. The lowest BCUT2D eigenvalue weighted by Crippen LogP contribution is -2.21. The lowest BCUT2D eigenvalue weighted by atomic mass is 10.2. The van der Waals surface area contributed by atoms with Crippen molar-refractivity contribution in [2.45, 2.75) is 20.0 Å². The molecule has 0 bridgehead atoms. The third-order valence-electron chi connectivity index (χ3n) is 2.06. The Morgan fingerprint density at radius 3 is 2.75 bits per heavy atom. The normalized spacial score (nSPS) is 12.1. The number of amidine groups is 1. The molecule has 4 nitrogen and oxygen atoms in total. The van der Waals surface area contributed by atoms with Crippen LogP contribution in [-0.4, -0.2) is 25.2 Å². The SMILES string of the molecule is CCOCC(C)Oc1ccccc1C(=N)N. The van der Waals surface area contributed by atoms with Crippen LogP contribution in [0.4, 0.5) is 0 Å². The monoisotopic (exact) mass is 222 g/mol. The van der Waals surface area contributed by atoms with Crippen LogP contribution in [-0.2, 0) is 4.74 Å². The average molecular weight is 222 g/mol. The number of hydrogen-bond donors (Lipinski definition) is 2. The van der Waals surface area contributed by atoms with Crippen molar-refractivity contribution in [1.82, 2.24) is 0 Å². The van der Waals surface area contributed by atoms with Crippen molar-refractivity contribution in [3.63, 3.8) is 0 Å². The highest BCUT2D eigenvalue weighted by atomic mass is 16.5. The predicted octanol–water partition coefficient (Wildman–Crippen LogP) is 1.77. The number of rotatable bonds is 6. The van der Waals surface area contributed by atoms with Crippen LogP contribution in [0.5, 0.6) is 5.75 Å². The summed E-state index contributed by atoms with van der Waals surface area (Å²) in [5, 5.41) is 7.43. The molecule has 1 unspecified atom stereocenters. The van der Waals surface area contributed by atoms with E-state index in [1.165, 1.54) is 0 Å². The fourth-order valence-corrected chi connectivity index (χ4v) is 1.33. The molecular weight excluding hydrogens is 204 g/mol. The minimum atomic E-state index is -0.0551. The zero-order valence-corrected chi connectivity index (χ0v) is 9.69. The molecule has 0 aliphatic rings. The maximum atomic E-state index is 7.43. The molecule has 4 heteroatoms. The summed E-state index contributed by atoms with van der Waals surface area (Å²) >= 11 is 0. The van der Waals surface area contributed by atoms with Crippen LogP contribution in [0.25, 0.3) is 0 Å². The lowest BCUT2D eigenvalue weighted by Gasteiger charge is -2.16. The topological polar surface area (TPSA) is 68.3 Å². The Morgan fingerprint density at radius 1 is 1.44 bits per heavy atom. The Balaban J connectivity index is 2.69. The van der Waals surface area contributed by atoms with Crippen LogP contribution < -0.4 is 10.5 Å². The molecule has 0 fully saturated rings. The smallest absolute Gasteiger partial charge is 0.130 e. The molecule has 0 aliphatic heterocycles. The number of benzene rings is 1. The lowest BCUT2D eigenvalue weighted by molar-refractivity contribution is 0.0656. The summed E-state index contributed by atoms with van der Waals surface area (Å²) in [6.45, 7) is 5.06. The molecule has 0 heterocycles. The Kier molecular flexibility index (Phi) is 4.79. The van der Waals surface area contributed by atoms with E-state index in [1.807, 2.05) is 26.0 Å². The molecule has 0 amide bonds. The minimum absolute atomic E-state index is 0.0132. The predicted molar refractivity (Wildman–Crippen MR) is 64.0 cm³/mol. The number of hydrogen-bond acceptors (Lipinski definition) is 3. The van der Waals surface area contributed by atoms with Gasteiger partial charge in [0.25, 0.3) is 0 Å². The molecule has 0 saturated heterocycles. The largest absolute Gasteiger partial charge is 0.488 e. The highest BCUT2D eigenvalue weighted by Crippen LogP contribution is 2.18. The maximum absolute atomic E-state index is 7.43. The first kappa shape index (κ1) is 12.5. The van der Waals surface area contributed by atoms with Gasteiger partial charge in [0.05, 0.1) is 12.2 Å². The summed E-state index contributed by atoms with van der Waals surface area (Å²) in [5.41, 5.74) is 6.08. The van der Waals surface area contributed by atoms with Crippen molar-refractivity contribution in [2.75, 3.05) is 13.2 Å². The molecule has 0 radical (unpaired) electrons. The quantitative estimate of drug-likeness (QED) is 0.569. The fourth-order valence-electron chi connectivity index (χ4n) is 1.33. The number of ether oxygens (including phenoxy) is 2. The van der Waals surface area contributed by atoms with Crippen molar-refractivity contribution >= 4 is 5.84 Å². The van der Waals surface area contributed by atoms with Gasteiger partial charge in [0.2, 0.25) is 0 Å². The van der Waals surface area contributed by atoms with E-state index in [0.717, 1.165) is 0 Å². The summed E-state index contributed by atoms with van der Waals surface area (Å²) in [6, 6.07) is 7.26. The Bertz CT molecular complexity index is 353. The van der Waals surface area contributed by atoms with Crippen molar-refractivity contribution in [3.05, 3.63) is 29.8 Å². The average Bonchev–Trinajstić information content (AvgIpc) is 2.27. The summed E-state index contributed by atoms with van der Waals surface area (Å²) in [7, 11) is 0. The number of para-hydroxylation sites is 1. The summed E-state index contributed by atoms with van der Waals surface area (Å²) in [4.78, 5) is 0. The zero-order valence-electron chi connectivity index (χ0n) is 9.69. The van der Waals surface area contributed by atoms with Crippen LogP contribution in [0.2, 0.25) is 0 Å². The van der Waals surface area contributed by atoms with Crippen molar-refractivity contribution in [1.29, 1.82) is 5.41 Å². The fraction of sp³-hybridized carbons (Fsp3) is 0.417. The van der Waals surface area contributed by atoms with Gasteiger partial charge >= 0.3 is 0 Å². The van der Waals surface area contributed by atoms with Gasteiger partial charge in [-0.05, 0) is 26.0 Å². The van der Waals surface area contributed by atoms with Gasteiger partial charge in [-0.3, -0.25) is 5.41 Å². The number of nitrogens with one attached hydrogen (secondary N) is 1. The molecule has 1 aromatic carbocycles. The molecule has 1 atom stereocenters. The standard InChI is InChI=1S/C12H18N2O2/c1-3-15-8-9(2)16-11-7-5-4-6-10(11)12(13)14/h4-7,9H,3,8H2,1-2H3,(H3,13,14). The van der Waals surface area contributed by atoms with Gasteiger partial charge in [0, 0.05) is 6.61 Å². The Labute approximate surface area is 95.9 Å². The molecule has 3 N–H and O–H groups in total. The summed E-state index contributed by atoms with van der Waals surface area (Å²) < 4.78 is 10.9. The van der Waals surface area contributed by atoms with Gasteiger partial charge in [0.1, 0.15) is 17.7 Å². The second-order valence-corrected chi connectivity index (χ2v) is 3.50. The maximum Gasteiger partial charge on any atom is 0.130 e. The summed E-state index contributed by atoms with van der Waals surface area (Å²) in [6.07, 6.45) is -0.0551. The van der Waals surface area contributed by atoms with Crippen molar-refractivity contribution in [3.8, 4) is 5.75 Å². The highest BCUT2D eigenvalue weighted by molar-refractivity contribution is 5.97. The van der Waals surface area contributed by atoms with Gasteiger partial charge in [-0.1, -0.05) is 12.1 Å². The van der Waals surface area contributed by atoms with E-state index in [-0.39, 0.29) is 11.9 Å². The molecule has 0 aromatic heterocycles. The third-order valence-corrected chi connectivity index (χ3v) is 2.06. The molecule has 0 aliphatic carbocycles. The van der Waals surface area contributed by atoms with Crippen molar-refractivity contribution < 1.29 is 9.47 Å². The van der Waals surface area contributed by atoms with Crippen LogP contribution >= 0.6 is 0 Å². The molecular formula is C12H18N2O2. The van der Waals surface area contributed by atoms with Crippen molar-refractivity contribution in [2.24, 2.45) is 5.73 Å². The second-order valence-electron chi connectivity index (χ2n) is 3.50.